The number of rotatable bonds is 1. The van der Waals surface area contributed by atoms with Crippen molar-refractivity contribution < 1.29 is 14.3 Å². The van der Waals surface area contributed by atoms with Crippen LogP contribution in [0.4, 0.5) is 4.39 Å². The molecule has 1 saturated heterocycles. The van der Waals surface area contributed by atoms with E-state index in [0.717, 1.165) is 12.8 Å². The zero-order valence-corrected chi connectivity index (χ0v) is 12.4. The average molecular weight is 289 g/mol. The summed E-state index contributed by atoms with van der Waals surface area (Å²) >= 11 is 0. The number of hydrogen-bond donors (Lipinski definition) is 1. The van der Waals surface area contributed by atoms with Gasteiger partial charge in [-0.15, -0.1) is 0 Å². The lowest BCUT2D eigenvalue weighted by atomic mass is 9.91. The minimum Gasteiger partial charge on any atom is -0.384 e. The highest BCUT2D eigenvalue weighted by Gasteiger charge is 2.30. The summed E-state index contributed by atoms with van der Waals surface area (Å²) in [5, 5.41) is 8.71. The molecular weight excluding hydrogens is 269 g/mol. The highest BCUT2D eigenvalue weighted by atomic mass is 19.1. The molecule has 0 aliphatic carbocycles. The molecule has 2 unspecified atom stereocenters. The van der Waals surface area contributed by atoms with E-state index in [2.05, 4.69) is 18.8 Å². The third-order valence-electron chi connectivity index (χ3n) is 4.14. The summed E-state index contributed by atoms with van der Waals surface area (Å²) in [6.45, 7) is 4.52. The predicted octanol–water partition coefficient (Wildman–Crippen LogP) is 2.43. The number of likely N-dealkylation sites (tertiary alicyclic amines) is 1. The van der Waals surface area contributed by atoms with E-state index in [1.807, 2.05) is 6.92 Å². The van der Waals surface area contributed by atoms with Gasteiger partial charge in [-0.25, -0.2) is 4.39 Å². The van der Waals surface area contributed by atoms with Gasteiger partial charge in [0.25, 0.3) is 5.91 Å². The second-order valence-electron chi connectivity index (χ2n) is 5.51. The Morgan fingerprint density at radius 2 is 2.24 bits per heavy atom. The Bertz CT molecular complexity index is 588. The molecule has 1 heterocycles. The summed E-state index contributed by atoms with van der Waals surface area (Å²) in [5.74, 6) is 4.82. The van der Waals surface area contributed by atoms with Gasteiger partial charge < -0.3 is 10.0 Å². The van der Waals surface area contributed by atoms with Crippen LogP contribution >= 0.6 is 0 Å². The Kier molecular flexibility index (Phi) is 4.98. The lowest BCUT2D eigenvalue weighted by Gasteiger charge is -2.38. The standard InChI is InChI=1S/C17H20FNO2/c1-12-5-3-9-19(13(12)2)17(21)15-11-14(6-4-10-20)7-8-16(15)18/h7-8,11-13,20H,3,5,9-10H2,1-2H3. The molecule has 1 N–H and O–H groups in total. The lowest BCUT2D eigenvalue weighted by Crippen LogP contribution is -2.46. The van der Waals surface area contributed by atoms with E-state index in [1.165, 1.54) is 18.2 Å². The Morgan fingerprint density at radius 1 is 1.48 bits per heavy atom. The van der Waals surface area contributed by atoms with Gasteiger partial charge in [-0.1, -0.05) is 18.8 Å². The van der Waals surface area contributed by atoms with Gasteiger partial charge in [0.15, 0.2) is 0 Å². The van der Waals surface area contributed by atoms with Crippen LogP contribution in [0.25, 0.3) is 0 Å². The number of aliphatic hydroxyl groups excluding tert-OH is 1. The summed E-state index contributed by atoms with van der Waals surface area (Å²) in [4.78, 5) is 14.3. The second-order valence-corrected chi connectivity index (χ2v) is 5.51. The Morgan fingerprint density at radius 3 is 2.95 bits per heavy atom. The topological polar surface area (TPSA) is 40.5 Å². The largest absolute Gasteiger partial charge is 0.384 e. The Hall–Kier alpha value is -1.86. The molecule has 1 aliphatic rings. The lowest BCUT2D eigenvalue weighted by molar-refractivity contribution is 0.0546. The maximum absolute atomic E-state index is 14.0. The van der Waals surface area contributed by atoms with Gasteiger partial charge in [0.2, 0.25) is 0 Å². The number of halogens is 1. The van der Waals surface area contributed by atoms with Gasteiger partial charge in [0, 0.05) is 18.2 Å². The maximum Gasteiger partial charge on any atom is 0.257 e. The van der Waals surface area contributed by atoms with E-state index >= 15 is 0 Å². The van der Waals surface area contributed by atoms with E-state index in [-0.39, 0.29) is 24.1 Å². The maximum atomic E-state index is 14.0. The molecule has 1 aliphatic heterocycles. The third-order valence-corrected chi connectivity index (χ3v) is 4.14. The number of amides is 1. The number of hydrogen-bond acceptors (Lipinski definition) is 2. The van der Waals surface area contributed by atoms with Crippen LogP contribution in [-0.4, -0.2) is 35.1 Å². The zero-order chi connectivity index (χ0) is 15.4. The predicted molar refractivity (Wildman–Crippen MR) is 79.3 cm³/mol. The summed E-state index contributed by atoms with van der Waals surface area (Å²) < 4.78 is 14.0. The number of nitrogens with zero attached hydrogens (tertiary/aromatic N) is 1. The first kappa shape index (κ1) is 15.5. The van der Waals surface area contributed by atoms with E-state index in [0.29, 0.717) is 18.0 Å². The molecule has 1 fully saturated rings. The summed E-state index contributed by atoms with van der Waals surface area (Å²) in [6, 6.07) is 4.34. The molecule has 3 nitrogen and oxygen atoms in total. The van der Waals surface area contributed by atoms with Crippen molar-refractivity contribution in [2.24, 2.45) is 5.92 Å². The van der Waals surface area contributed by atoms with Crippen LogP contribution in [0.1, 0.15) is 42.6 Å². The molecule has 0 spiro atoms. The molecular formula is C17H20FNO2. The first-order valence-electron chi connectivity index (χ1n) is 7.25. The number of carbonyl (C=O) groups excluding carboxylic acids is 1. The van der Waals surface area contributed by atoms with Crippen molar-refractivity contribution >= 4 is 5.91 Å². The van der Waals surface area contributed by atoms with Crippen LogP contribution in [0, 0.1) is 23.6 Å². The Labute approximate surface area is 124 Å². The van der Waals surface area contributed by atoms with Crippen LogP contribution in [0.3, 0.4) is 0 Å². The average Bonchev–Trinajstić information content (AvgIpc) is 2.48. The fraction of sp³-hybridized carbons (Fsp3) is 0.471. The zero-order valence-electron chi connectivity index (χ0n) is 12.4. The van der Waals surface area contributed by atoms with Gasteiger partial charge in [0.05, 0.1) is 5.56 Å². The molecule has 1 aromatic rings. The molecule has 112 valence electrons. The highest BCUT2D eigenvalue weighted by Crippen LogP contribution is 2.25. The van der Waals surface area contributed by atoms with Crippen molar-refractivity contribution in [1.82, 2.24) is 4.90 Å². The van der Waals surface area contributed by atoms with Gasteiger partial charge in [0.1, 0.15) is 12.4 Å². The molecule has 0 radical (unpaired) electrons. The van der Waals surface area contributed by atoms with Gasteiger partial charge in [-0.2, -0.15) is 0 Å². The molecule has 2 rings (SSSR count). The van der Waals surface area contributed by atoms with E-state index < -0.39 is 5.82 Å². The highest BCUT2D eigenvalue weighted by molar-refractivity contribution is 5.95. The van der Waals surface area contributed by atoms with Gasteiger partial charge in [-0.3, -0.25) is 4.79 Å². The van der Waals surface area contributed by atoms with E-state index in [9.17, 15) is 9.18 Å². The quantitative estimate of drug-likeness (QED) is 0.807. The summed E-state index contributed by atoms with van der Waals surface area (Å²) in [7, 11) is 0. The van der Waals surface area contributed by atoms with Gasteiger partial charge in [-0.05, 0) is 43.9 Å². The molecule has 1 amide bonds. The molecule has 21 heavy (non-hydrogen) atoms. The molecule has 0 aromatic heterocycles. The van der Waals surface area contributed by atoms with E-state index in [4.69, 9.17) is 5.11 Å². The number of piperidine rings is 1. The number of carbonyl (C=O) groups is 1. The first-order chi connectivity index (χ1) is 10.0. The Balaban J connectivity index is 2.29. The smallest absolute Gasteiger partial charge is 0.257 e. The van der Waals surface area contributed by atoms with Crippen molar-refractivity contribution in [3.8, 4) is 11.8 Å². The number of aliphatic hydroxyl groups is 1. The number of benzene rings is 1. The third kappa shape index (κ3) is 3.43. The van der Waals surface area contributed by atoms with Gasteiger partial charge >= 0.3 is 0 Å². The molecule has 2 atom stereocenters. The molecule has 4 heteroatoms. The molecule has 0 saturated carbocycles. The summed E-state index contributed by atoms with van der Waals surface area (Å²) in [6.07, 6.45) is 2.04. The SMILES string of the molecule is CC1CCCN(C(=O)c2cc(C#CCO)ccc2F)C1C. The second kappa shape index (κ2) is 6.73. The van der Waals surface area contributed by atoms with Crippen LogP contribution in [-0.2, 0) is 0 Å². The van der Waals surface area contributed by atoms with Crippen molar-refractivity contribution in [2.75, 3.05) is 13.2 Å². The molecule has 0 bridgehead atoms. The van der Waals surface area contributed by atoms with Crippen LogP contribution in [0.5, 0.6) is 0 Å². The van der Waals surface area contributed by atoms with Crippen molar-refractivity contribution in [1.29, 1.82) is 0 Å². The minimum atomic E-state index is -0.528. The van der Waals surface area contributed by atoms with Crippen molar-refractivity contribution in [3.63, 3.8) is 0 Å². The minimum absolute atomic E-state index is 0.0562. The van der Waals surface area contributed by atoms with Crippen molar-refractivity contribution in [3.05, 3.63) is 35.1 Å². The van der Waals surface area contributed by atoms with Crippen molar-refractivity contribution in [2.45, 2.75) is 32.7 Å². The fourth-order valence-electron chi connectivity index (χ4n) is 2.69. The monoisotopic (exact) mass is 289 g/mol. The van der Waals surface area contributed by atoms with Crippen LogP contribution < -0.4 is 0 Å². The fourth-order valence-corrected chi connectivity index (χ4v) is 2.69. The first-order valence-corrected chi connectivity index (χ1v) is 7.25. The normalized spacial score (nSPS) is 21.6. The van der Waals surface area contributed by atoms with E-state index in [1.54, 1.807) is 4.90 Å². The molecule has 1 aromatic carbocycles. The summed E-state index contributed by atoms with van der Waals surface area (Å²) in [5.41, 5.74) is 0.590. The van der Waals surface area contributed by atoms with Crippen LogP contribution in [0.2, 0.25) is 0 Å². The van der Waals surface area contributed by atoms with Crippen LogP contribution in [0.15, 0.2) is 18.2 Å².